The van der Waals surface area contributed by atoms with E-state index in [2.05, 4.69) is 0 Å². The van der Waals surface area contributed by atoms with Gasteiger partial charge in [0, 0.05) is 0 Å². The molecule has 0 aliphatic rings. The average Bonchev–Trinajstić information content (AvgIpc) is 1.81. The molecule has 0 saturated carbocycles. The number of carbonyl (C=O) groups is 2. The monoisotopic (exact) mass is 197 g/mol. The van der Waals surface area contributed by atoms with Crippen molar-refractivity contribution < 1.29 is 19.8 Å². The molecule has 6 heteroatoms. The van der Waals surface area contributed by atoms with Crippen molar-refractivity contribution in [2.45, 2.75) is 12.5 Å². The summed E-state index contributed by atoms with van der Waals surface area (Å²) >= 11 is 0. The molecule has 0 aliphatic carbocycles. The van der Waals surface area contributed by atoms with E-state index in [1.807, 2.05) is 0 Å². The van der Waals surface area contributed by atoms with Gasteiger partial charge in [-0.25, -0.2) is 0 Å². The molecule has 12 heavy (non-hydrogen) atoms. The van der Waals surface area contributed by atoms with Crippen LogP contribution in [0.4, 0.5) is 0 Å². The standard InChI is InChI=1S/C6H11NO4.ClH/c1-7(2)4(6(10)11)3-5(8)9;/h4H,3H2,1-2H3,(H,8,9)(H,10,11);1H. The molecule has 0 saturated heterocycles. The second-order valence-electron chi connectivity index (χ2n) is 2.42. The third-order valence-electron chi connectivity index (χ3n) is 1.28. The first-order chi connectivity index (χ1) is 4.95. The van der Waals surface area contributed by atoms with E-state index >= 15 is 0 Å². The van der Waals surface area contributed by atoms with Crippen molar-refractivity contribution in [2.24, 2.45) is 0 Å². The summed E-state index contributed by atoms with van der Waals surface area (Å²) in [5, 5.41) is 16.8. The lowest BCUT2D eigenvalue weighted by atomic mass is 10.2. The van der Waals surface area contributed by atoms with Crippen LogP contribution >= 0.6 is 12.4 Å². The molecule has 0 radical (unpaired) electrons. The molecule has 0 aromatic carbocycles. The molecule has 0 heterocycles. The topological polar surface area (TPSA) is 77.8 Å². The minimum atomic E-state index is -1.11. The number of aliphatic carboxylic acids is 2. The van der Waals surface area contributed by atoms with Crippen LogP contribution in [0.25, 0.3) is 0 Å². The predicted octanol–water partition coefficient (Wildman–Crippen LogP) is -0.102. The molecule has 0 fully saturated rings. The van der Waals surface area contributed by atoms with E-state index in [4.69, 9.17) is 10.2 Å². The van der Waals surface area contributed by atoms with Crippen molar-refractivity contribution in [2.75, 3.05) is 14.1 Å². The Morgan fingerprint density at radius 1 is 1.33 bits per heavy atom. The van der Waals surface area contributed by atoms with E-state index < -0.39 is 18.0 Å². The summed E-state index contributed by atoms with van der Waals surface area (Å²) in [4.78, 5) is 21.9. The highest BCUT2D eigenvalue weighted by Gasteiger charge is 2.22. The third-order valence-corrected chi connectivity index (χ3v) is 1.28. The Labute approximate surface area is 76.4 Å². The second-order valence-corrected chi connectivity index (χ2v) is 2.42. The van der Waals surface area contributed by atoms with Gasteiger partial charge in [0.15, 0.2) is 0 Å². The molecule has 0 aromatic rings. The van der Waals surface area contributed by atoms with Gasteiger partial charge in [-0.3, -0.25) is 14.5 Å². The lowest BCUT2D eigenvalue weighted by Crippen LogP contribution is -2.37. The maximum absolute atomic E-state index is 10.4. The van der Waals surface area contributed by atoms with E-state index in [0.29, 0.717) is 0 Å². The molecule has 0 bridgehead atoms. The number of likely N-dealkylation sites (N-methyl/N-ethyl adjacent to an activating group) is 1. The van der Waals surface area contributed by atoms with Crippen LogP contribution in [0.5, 0.6) is 0 Å². The van der Waals surface area contributed by atoms with Crippen molar-refractivity contribution in [1.82, 2.24) is 4.90 Å². The fraction of sp³-hybridized carbons (Fsp3) is 0.667. The Morgan fingerprint density at radius 2 is 1.75 bits per heavy atom. The number of nitrogens with zero attached hydrogens (tertiary/aromatic N) is 1. The molecule has 0 aromatic heterocycles. The van der Waals surface area contributed by atoms with Crippen LogP contribution in [-0.4, -0.2) is 47.2 Å². The fourth-order valence-corrected chi connectivity index (χ4v) is 0.656. The van der Waals surface area contributed by atoms with Gasteiger partial charge in [-0.2, -0.15) is 0 Å². The van der Waals surface area contributed by atoms with Gasteiger partial charge in [-0.05, 0) is 14.1 Å². The molecule has 5 nitrogen and oxygen atoms in total. The number of hydrogen-bond acceptors (Lipinski definition) is 3. The number of halogens is 1. The lowest BCUT2D eigenvalue weighted by molar-refractivity contribution is -0.148. The van der Waals surface area contributed by atoms with E-state index in [0.717, 1.165) is 0 Å². The van der Waals surface area contributed by atoms with Crippen LogP contribution in [0.3, 0.4) is 0 Å². The van der Waals surface area contributed by atoms with E-state index in [1.165, 1.54) is 19.0 Å². The predicted molar refractivity (Wildman–Crippen MR) is 44.6 cm³/mol. The van der Waals surface area contributed by atoms with Gasteiger partial charge in [-0.1, -0.05) is 0 Å². The van der Waals surface area contributed by atoms with Gasteiger partial charge >= 0.3 is 11.9 Å². The van der Waals surface area contributed by atoms with Crippen molar-refractivity contribution in [1.29, 1.82) is 0 Å². The number of carboxylic acids is 2. The Balaban J connectivity index is 0. The first-order valence-electron chi connectivity index (χ1n) is 3.06. The van der Waals surface area contributed by atoms with Gasteiger partial charge < -0.3 is 10.2 Å². The zero-order chi connectivity index (χ0) is 9.02. The molecular formula is C6H12ClNO4. The number of hydrogen-bond donors (Lipinski definition) is 2. The Kier molecular flexibility index (Phi) is 6.64. The quantitative estimate of drug-likeness (QED) is 0.658. The van der Waals surface area contributed by atoms with Crippen LogP contribution in [0.1, 0.15) is 6.42 Å². The largest absolute Gasteiger partial charge is 0.481 e. The van der Waals surface area contributed by atoms with Gasteiger partial charge in [0.25, 0.3) is 0 Å². The van der Waals surface area contributed by atoms with Crippen LogP contribution in [0.15, 0.2) is 0 Å². The van der Waals surface area contributed by atoms with Crippen LogP contribution in [-0.2, 0) is 9.59 Å². The highest BCUT2D eigenvalue weighted by atomic mass is 35.5. The summed E-state index contributed by atoms with van der Waals surface area (Å²) in [5.41, 5.74) is 0. The molecule has 0 spiro atoms. The zero-order valence-corrected chi connectivity index (χ0v) is 7.67. The molecule has 1 atom stereocenters. The molecule has 72 valence electrons. The Hall–Kier alpha value is -0.810. The number of carboxylic acid groups (broad SMARTS) is 2. The number of rotatable bonds is 4. The average molecular weight is 198 g/mol. The second kappa shape index (κ2) is 5.79. The normalized spacial score (nSPS) is 11.9. The molecule has 0 aliphatic heterocycles. The first-order valence-corrected chi connectivity index (χ1v) is 3.06. The zero-order valence-electron chi connectivity index (χ0n) is 6.85. The van der Waals surface area contributed by atoms with Crippen molar-refractivity contribution in [3.8, 4) is 0 Å². The minimum absolute atomic E-state index is 0. The lowest BCUT2D eigenvalue weighted by Gasteiger charge is -2.17. The summed E-state index contributed by atoms with van der Waals surface area (Å²) in [7, 11) is 3.06. The van der Waals surface area contributed by atoms with Gasteiger partial charge in [0.05, 0.1) is 6.42 Å². The summed E-state index contributed by atoms with van der Waals surface area (Å²) in [6.45, 7) is 0. The third kappa shape index (κ3) is 4.92. The van der Waals surface area contributed by atoms with Crippen LogP contribution < -0.4 is 0 Å². The Morgan fingerprint density at radius 3 is 1.83 bits per heavy atom. The highest BCUT2D eigenvalue weighted by Crippen LogP contribution is 1.99. The van der Waals surface area contributed by atoms with Crippen molar-refractivity contribution in [3.63, 3.8) is 0 Å². The molecule has 2 N–H and O–H groups in total. The first kappa shape index (κ1) is 13.8. The van der Waals surface area contributed by atoms with Crippen molar-refractivity contribution >= 4 is 24.3 Å². The molecular weight excluding hydrogens is 186 g/mol. The van der Waals surface area contributed by atoms with Crippen molar-refractivity contribution in [3.05, 3.63) is 0 Å². The maximum Gasteiger partial charge on any atom is 0.321 e. The van der Waals surface area contributed by atoms with Crippen LogP contribution in [0.2, 0.25) is 0 Å². The van der Waals surface area contributed by atoms with Gasteiger partial charge in [0.1, 0.15) is 6.04 Å². The summed E-state index contributed by atoms with van der Waals surface area (Å²) < 4.78 is 0. The fourth-order valence-electron chi connectivity index (χ4n) is 0.656. The summed E-state index contributed by atoms with van der Waals surface area (Å²) in [6.07, 6.45) is -0.373. The minimum Gasteiger partial charge on any atom is -0.481 e. The van der Waals surface area contributed by atoms with Gasteiger partial charge in [-0.15, -0.1) is 12.4 Å². The summed E-state index contributed by atoms with van der Waals surface area (Å²) in [6, 6.07) is -0.938. The van der Waals surface area contributed by atoms with Gasteiger partial charge in [0.2, 0.25) is 0 Å². The maximum atomic E-state index is 10.4. The molecule has 0 amide bonds. The van der Waals surface area contributed by atoms with E-state index in [1.54, 1.807) is 0 Å². The summed E-state index contributed by atoms with van der Waals surface area (Å²) in [5.74, 6) is -2.22. The SMILES string of the molecule is CN(C)C(CC(=O)O)C(=O)O.Cl. The molecule has 1 unspecified atom stereocenters. The highest BCUT2D eigenvalue weighted by molar-refractivity contribution is 5.85. The Bertz CT molecular complexity index is 171. The molecule has 0 rings (SSSR count). The van der Waals surface area contributed by atoms with Crippen LogP contribution in [0, 0.1) is 0 Å². The smallest absolute Gasteiger partial charge is 0.321 e. The van der Waals surface area contributed by atoms with E-state index in [-0.39, 0.29) is 18.8 Å². The van der Waals surface area contributed by atoms with E-state index in [9.17, 15) is 9.59 Å².